The number of nitrogens with one attached hydrogen (secondary N) is 2. The van der Waals surface area contributed by atoms with Crippen molar-refractivity contribution in [2.45, 2.75) is 129 Å². The summed E-state index contributed by atoms with van der Waals surface area (Å²) < 4.78 is 11.2. The van der Waals surface area contributed by atoms with Crippen molar-refractivity contribution >= 4 is 52.0 Å². The number of ketones is 1. The lowest BCUT2D eigenvalue weighted by atomic mass is 9.92. The van der Waals surface area contributed by atoms with Gasteiger partial charge < -0.3 is 29.6 Å². The summed E-state index contributed by atoms with van der Waals surface area (Å²) >= 11 is 0. The molecule has 2 aliphatic heterocycles. The molecule has 2 fully saturated rings. The highest BCUT2D eigenvalue weighted by molar-refractivity contribution is 6.06. The molecule has 6 aromatic rings. The summed E-state index contributed by atoms with van der Waals surface area (Å²) in [5.74, 6) is -3.41. The minimum atomic E-state index is -0.797. The average molecular weight is 971 g/mol. The fourth-order valence-electron chi connectivity index (χ4n) is 10.2. The van der Waals surface area contributed by atoms with Crippen molar-refractivity contribution < 1.29 is 38.2 Å². The fourth-order valence-corrected chi connectivity index (χ4v) is 10.2. The van der Waals surface area contributed by atoms with Crippen LogP contribution in [0.3, 0.4) is 0 Å². The number of benzene rings is 5. The van der Waals surface area contributed by atoms with Crippen LogP contribution >= 0.6 is 0 Å². The second kappa shape index (κ2) is 21.6. The zero-order valence-corrected chi connectivity index (χ0v) is 42.5. The summed E-state index contributed by atoms with van der Waals surface area (Å²) in [6.45, 7) is 13.7. The highest BCUT2D eigenvalue weighted by atomic mass is 16.6. The van der Waals surface area contributed by atoms with Crippen molar-refractivity contribution in [1.82, 2.24) is 14.8 Å². The summed E-state index contributed by atoms with van der Waals surface area (Å²) in [6, 6.07) is 38.9. The van der Waals surface area contributed by atoms with Gasteiger partial charge in [0.2, 0.25) is 17.7 Å². The van der Waals surface area contributed by atoms with E-state index in [4.69, 9.17) is 9.47 Å². The summed E-state index contributed by atoms with van der Waals surface area (Å²) in [4.78, 5) is 90.0. The molecular formula is C60H66N4O8. The molecular weight excluding hydrogens is 905 g/mol. The Morgan fingerprint density at radius 3 is 1.69 bits per heavy atom. The van der Waals surface area contributed by atoms with E-state index in [-0.39, 0.29) is 42.8 Å². The lowest BCUT2D eigenvalue weighted by Crippen LogP contribution is -2.45. The maximum Gasteiger partial charge on any atom is 0.307 e. The van der Waals surface area contributed by atoms with Crippen molar-refractivity contribution in [2.24, 2.45) is 0 Å². The number of carbonyl (C=O) groups is 6. The number of fused-ring (bicyclic) bond motifs is 1. The molecule has 8 rings (SSSR count). The molecule has 0 spiro atoms. The average Bonchev–Trinajstić information content (AvgIpc) is 4.12. The predicted octanol–water partition coefficient (Wildman–Crippen LogP) is 10.9. The maximum absolute atomic E-state index is 14.4. The number of esters is 2. The van der Waals surface area contributed by atoms with E-state index in [0.29, 0.717) is 55.6 Å². The first-order valence-corrected chi connectivity index (χ1v) is 25.1. The summed E-state index contributed by atoms with van der Waals surface area (Å²) in [6.07, 6.45) is 2.23. The number of H-pyrrole nitrogens is 1. The minimum Gasteiger partial charge on any atom is -0.460 e. The number of rotatable bonds is 15. The zero-order chi connectivity index (χ0) is 51.3. The van der Waals surface area contributed by atoms with Gasteiger partial charge in [-0.3, -0.25) is 28.8 Å². The Labute approximate surface area is 422 Å². The molecule has 5 aromatic carbocycles. The largest absolute Gasteiger partial charge is 0.460 e. The van der Waals surface area contributed by atoms with Gasteiger partial charge in [-0.2, -0.15) is 0 Å². The van der Waals surface area contributed by atoms with Gasteiger partial charge >= 0.3 is 11.9 Å². The summed E-state index contributed by atoms with van der Waals surface area (Å²) in [5.41, 5.74) is 7.08. The number of aromatic nitrogens is 1. The Hall–Kier alpha value is -7.34. The molecule has 1 aromatic heterocycles. The van der Waals surface area contributed by atoms with E-state index in [9.17, 15) is 28.8 Å². The SMILES string of the molecule is Cc1ccccc1-c1c(-c2ccc(NC(=O)[C@@H]3CCCN3C(=O)[C@H](CC(=O)OC(C)(C)C)c3ccccc3)cc2)[nH]c2ccc(CC(=O)[C@@H]3CCCN3C(=O)[C@H](CC(=O)OC(C)(C)C)c3ccccc3)cc12. The lowest BCUT2D eigenvalue weighted by Gasteiger charge is -2.29. The molecule has 2 saturated heterocycles. The topological polar surface area (TPSA) is 155 Å². The third kappa shape index (κ3) is 12.0. The molecule has 72 heavy (non-hydrogen) atoms. The van der Waals surface area contributed by atoms with Crippen molar-refractivity contribution in [3.05, 3.63) is 150 Å². The number of likely N-dealkylation sites (tertiary alicyclic amines) is 2. The van der Waals surface area contributed by atoms with Crippen LogP contribution in [0.2, 0.25) is 0 Å². The van der Waals surface area contributed by atoms with Gasteiger partial charge in [0.15, 0.2) is 5.78 Å². The van der Waals surface area contributed by atoms with Crippen molar-refractivity contribution in [2.75, 3.05) is 18.4 Å². The first kappa shape index (κ1) is 51.0. The Morgan fingerprint density at radius 2 is 1.15 bits per heavy atom. The first-order valence-electron chi connectivity index (χ1n) is 25.1. The highest BCUT2D eigenvalue weighted by Gasteiger charge is 2.40. The van der Waals surface area contributed by atoms with Gasteiger partial charge in [0.05, 0.1) is 36.4 Å². The molecule has 12 heteroatoms. The molecule has 0 bridgehead atoms. The van der Waals surface area contributed by atoms with E-state index in [2.05, 4.69) is 35.4 Å². The molecule has 3 amide bonds. The van der Waals surface area contributed by atoms with Crippen LogP contribution in [-0.2, 0) is 44.7 Å². The van der Waals surface area contributed by atoms with Crippen LogP contribution in [0.15, 0.2) is 127 Å². The number of aryl methyl sites for hydroxylation is 1. The molecule has 3 heterocycles. The second-order valence-corrected chi connectivity index (χ2v) is 21.2. The number of anilines is 1. The fraction of sp³-hybridized carbons (Fsp3) is 0.367. The molecule has 2 aliphatic rings. The number of aromatic amines is 1. The second-order valence-electron chi connectivity index (χ2n) is 21.2. The number of carbonyl (C=O) groups excluding carboxylic acids is 6. The Kier molecular flexibility index (Phi) is 15.3. The number of hydrogen-bond donors (Lipinski definition) is 2. The summed E-state index contributed by atoms with van der Waals surface area (Å²) in [5, 5.41) is 4.00. The number of nitrogens with zero attached hydrogens (tertiary/aromatic N) is 2. The van der Waals surface area contributed by atoms with Gasteiger partial charge in [0.25, 0.3) is 0 Å². The van der Waals surface area contributed by atoms with E-state index in [0.717, 1.165) is 44.4 Å². The highest BCUT2D eigenvalue weighted by Crippen LogP contribution is 2.41. The molecule has 2 N–H and O–H groups in total. The van der Waals surface area contributed by atoms with E-state index >= 15 is 0 Å². The molecule has 0 saturated carbocycles. The Bertz CT molecular complexity index is 2950. The molecule has 0 radical (unpaired) electrons. The van der Waals surface area contributed by atoms with Gasteiger partial charge in [-0.15, -0.1) is 0 Å². The van der Waals surface area contributed by atoms with E-state index < -0.39 is 47.1 Å². The van der Waals surface area contributed by atoms with Crippen LogP contribution in [0.5, 0.6) is 0 Å². The number of Topliss-reactive ketones (excluding diaryl/α,β-unsaturated/α-hetero) is 1. The van der Waals surface area contributed by atoms with Crippen LogP contribution in [0.4, 0.5) is 5.69 Å². The van der Waals surface area contributed by atoms with E-state index in [1.165, 1.54) is 0 Å². The standard InChI is InChI=1S/C60H66N4O8/c1-38-18-14-15-23-44(38)54-47-34-39(35-51(65)49-24-16-32-63(49)57(69)45(40-19-10-8-11-20-40)36-52(66)71-59(2,3)4)26-31-48(47)62-55(54)42-27-29-43(30-28-42)61-56(68)50-25-17-33-64(50)58(70)46(41-21-12-9-13-22-41)37-53(67)72-60(5,6)7/h8-15,18-23,26-31,34,45-46,49-50,62H,16-17,24-25,32-33,35-37H2,1-7H3,(H,61,68)/t45-,46-,49+,50+/m1/s1. The molecule has 374 valence electrons. The zero-order valence-electron chi connectivity index (χ0n) is 42.5. The van der Waals surface area contributed by atoms with E-state index in [1.54, 1.807) is 51.3 Å². The van der Waals surface area contributed by atoms with Gasteiger partial charge in [0.1, 0.15) is 17.2 Å². The van der Waals surface area contributed by atoms with Gasteiger partial charge in [-0.1, -0.05) is 103 Å². The van der Waals surface area contributed by atoms with Crippen LogP contribution in [-0.4, -0.2) is 86.6 Å². The van der Waals surface area contributed by atoms with Crippen molar-refractivity contribution in [1.29, 1.82) is 0 Å². The quantitative estimate of drug-likeness (QED) is 0.0964. The van der Waals surface area contributed by atoms with Crippen LogP contribution in [0.1, 0.15) is 114 Å². The van der Waals surface area contributed by atoms with Gasteiger partial charge in [0, 0.05) is 41.7 Å². The molecule has 4 atom stereocenters. The van der Waals surface area contributed by atoms with Crippen molar-refractivity contribution in [3.63, 3.8) is 0 Å². The molecule has 0 aliphatic carbocycles. The third-order valence-corrected chi connectivity index (χ3v) is 13.4. The Morgan fingerprint density at radius 1 is 0.639 bits per heavy atom. The molecule has 12 nitrogen and oxygen atoms in total. The van der Waals surface area contributed by atoms with Gasteiger partial charge in [-0.25, -0.2) is 0 Å². The number of ether oxygens (including phenoxy) is 2. The maximum atomic E-state index is 14.4. The lowest BCUT2D eigenvalue weighted by molar-refractivity contribution is -0.158. The van der Waals surface area contributed by atoms with Crippen LogP contribution in [0, 0.1) is 6.92 Å². The smallest absolute Gasteiger partial charge is 0.307 e. The number of hydrogen-bond acceptors (Lipinski definition) is 8. The number of amides is 3. The molecule has 0 unspecified atom stereocenters. The Balaban J connectivity index is 1.01. The monoisotopic (exact) mass is 970 g/mol. The summed E-state index contributed by atoms with van der Waals surface area (Å²) in [7, 11) is 0. The van der Waals surface area contributed by atoms with E-state index in [1.807, 2.05) is 109 Å². The van der Waals surface area contributed by atoms with Crippen molar-refractivity contribution in [3.8, 4) is 22.4 Å². The van der Waals surface area contributed by atoms with Crippen LogP contribution in [0.25, 0.3) is 33.3 Å². The normalized spacial score (nSPS) is 16.8. The van der Waals surface area contributed by atoms with Crippen LogP contribution < -0.4 is 5.32 Å². The minimum absolute atomic E-state index is 0.0583. The predicted molar refractivity (Wildman–Crippen MR) is 280 cm³/mol. The van der Waals surface area contributed by atoms with Gasteiger partial charge in [-0.05, 0) is 132 Å². The third-order valence-electron chi connectivity index (χ3n) is 13.4. The first-order chi connectivity index (χ1) is 34.3.